The summed E-state index contributed by atoms with van der Waals surface area (Å²) in [5, 5.41) is 11.3. The molecule has 1 heterocycles. The molecule has 1 aliphatic carbocycles. The van der Waals surface area contributed by atoms with Gasteiger partial charge < -0.3 is 10.4 Å². The van der Waals surface area contributed by atoms with Gasteiger partial charge in [-0.2, -0.15) is 13.2 Å². The highest BCUT2D eigenvalue weighted by atomic mass is 32.2. The molecule has 0 spiro atoms. The number of thioether (sulfide) groups is 1. The zero-order chi connectivity index (χ0) is 26.0. The molecule has 3 atom stereocenters. The topological polar surface area (TPSA) is 104 Å². The molecule has 1 fully saturated rings. The minimum atomic E-state index is -4.60. The number of anilines is 2. The fourth-order valence-electron chi connectivity index (χ4n) is 4.18. The van der Waals surface area contributed by atoms with Crippen LogP contribution in [0.5, 0.6) is 0 Å². The average molecular weight is 519 g/mol. The molecule has 0 bridgehead atoms. The number of alkyl halides is 3. The minimum Gasteiger partial charge on any atom is -0.481 e. The number of hydrogen-bond donors (Lipinski definition) is 2. The Labute approximate surface area is 208 Å². The highest BCUT2D eigenvalue weighted by Crippen LogP contribution is 2.37. The van der Waals surface area contributed by atoms with Crippen LogP contribution in [0, 0.1) is 11.8 Å². The van der Waals surface area contributed by atoms with Crippen LogP contribution in [-0.4, -0.2) is 34.0 Å². The number of carboxylic acid groups (broad SMARTS) is 1. The van der Waals surface area contributed by atoms with E-state index in [1.54, 1.807) is 36.4 Å². The SMILES string of the molecule is O=C(O)[C@H]1CC=CC[C@@H]1C(=O)Nc1ccc(S[C@@H]2CC(=O)N(c3cccc(C(F)(F)F)c3)C2=O)cc1. The number of hydrogen-bond acceptors (Lipinski definition) is 5. The van der Waals surface area contributed by atoms with Gasteiger partial charge in [0.05, 0.1) is 28.3 Å². The van der Waals surface area contributed by atoms with Gasteiger partial charge in [-0.1, -0.05) is 18.2 Å². The molecular formula is C25H21F3N2O5S. The molecule has 2 N–H and O–H groups in total. The van der Waals surface area contributed by atoms with Crippen molar-refractivity contribution in [3.63, 3.8) is 0 Å². The van der Waals surface area contributed by atoms with Crippen molar-refractivity contribution < 1.29 is 37.5 Å². The lowest BCUT2D eigenvalue weighted by atomic mass is 9.82. The van der Waals surface area contributed by atoms with Crippen molar-refractivity contribution in [3.05, 3.63) is 66.2 Å². The molecule has 188 valence electrons. The van der Waals surface area contributed by atoms with Gasteiger partial charge in [-0.05, 0) is 55.3 Å². The third-order valence-electron chi connectivity index (χ3n) is 6.02. The maximum absolute atomic E-state index is 13.0. The normalized spacial score (nSPS) is 22.1. The first-order valence-corrected chi connectivity index (χ1v) is 11.9. The van der Waals surface area contributed by atoms with E-state index in [0.717, 1.165) is 34.9 Å². The first-order valence-electron chi connectivity index (χ1n) is 11.0. The number of imide groups is 1. The van der Waals surface area contributed by atoms with Gasteiger partial charge in [-0.15, -0.1) is 11.8 Å². The van der Waals surface area contributed by atoms with E-state index in [1.807, 2.05) is 0 Å². The number of nitrogens with one attached hydrogen (secondary N) is 1. The second-order valence-electron chi connectivity index (χ2n) is 8.43. The Balaban J connectivity index is 1.41. The van der Waals surface area contributed by atoms with Crippen molar-refractivity contribution in [2.75, 3.05) is 10.2 Å². The van der Waals surface area contributed by atoms with Crippen LogP contribution >= 0.6 is 11.8 Å². The van der Waals surface area contributed by atoms with E-state index in [4.69, 9.17) is 0 Å². The predicted molar refractivity (Wildman–Crippen MR) is 126 cm³/mol. The van der Waals surface area contributed by atoms with Crippen LogP contribution in [0.3, 0.4) is 0 Å². The number of allylic oxidation sites excluding steroid dienone is 2. The third kappa shape index (κ3) is 5.46. The van der Waals surface area contributed by atoms with Crippen LogP contribution in [0.25, 0.3) is 0 Å². The maximum Gasteiger partial charge on any atom is 0.416 e. The van der Waals surface area contributed by atoms with Crippen LogP contribution in [-0.2, 0) is 25.4 Å². The van der Waals surface area contributed by atoms with Crippen molar-refractivity contribution in [1.82, 2.24) is 0 Å². The zero-order valence-electron chi connectivity index (χ0n) is 18.7. The fraction of sp³-hybridized carbons (Fsp3) is 0.280. The molecule has 36 heavy (non-hydrogen) atoms. The summed E-state index contributed by atoms with van der Waals surface area (Å²) in [4.78, 5) is 50.8. The van der Waals surface area contributed by atoms with E-state index in [-0.39, 0.29) is 18.5 Å². The van der Waals surface area contributed by atoms with E-state index in [2.05, 4.69) is 5.32 Å². The summed E-state index contributed by atoms with van der Waals surface area (Å²) >= 11 is 1.10. The lowest BCUT2D eigenvalue weighted by Gasteiger charge is -2.24. The summed E-state index contributed by atoms with van der Waals surface area (Å²) in [6.07, 6.45) is -0.616. The Morgan fingerprint density at radius 1 is 1.00 bits per heavy atom. The van der Waals surface area contributed by atoms with Crippen molar-refractivity contribution in [2.24, 2.45) is 11.8 Å². The van der Waals surface area contributed by atoms with Crippen LogP contribution < -0.4 is 10.2 Å². The Kier molecular flexibility index (Phi) is 7.21. The molecule has 3 amide bonds. The summed E-state index contributed by atoms with van der Waals surface area (Å²) in [5.41, 5.74) is -0.631. The summed E-state index contributed by atoms with van der Waals surface area (Å²) in [7, 11) is 0. The summed E-state index contributed by atoms with van der Waals surface area (Å²) in [5.74, 6) is -4.11. The minimum absolute atomic E-state index is 0.127. The molecular weight excluding hydrogens is 497 g/mol. The van der Waals surface area contributed by atoms with Crippen molar-refractivity contribution >= 4 is 46.8 Å². The molecule has 2 aromatic carbocycles. The Hall–Kier alpha value is -3.60. The van der Waals surface area contributed by atoms with E-state index >= 15 is 0 Å². The molecule has 4 rings (SSSR count). The Morgan fingerprint density at radius 3 is 2.31 bits per heavy atom. The van der Waals surface area contributed by atoms with E-state index in [0.29, 0.717) is 17.0 Å². The quantitative estimate of drug-likeness (QED) is 0.423. The zero-order valence-corrected chi connectivity index (χ0v) is 19.5. The highest BCUT2D eigenvalue weighted by molar-refractivity contribution is 8.00. The molecule has 1 aliphatic heterocycles. The smallest absolute Gasteiger partial charge is 0.416 e. The summed E-state index contributed by atoms with van der Waals surface area (Å²) in [6.45, 7) is 0. The molecule has 2 aromatic rings. The van der Waals surface area contributed by atoms with Crippen LogP contribution in [0.1, 0.15) is 24.8 Å². The second kappa shape index (κ2) is 10.2. The molecule has 0 unspecified atom stereocenters. The number of carbonyl (C=O) groups is 4. The number of nitrogens with zero attached hydrogens (tertiary/aromatic N) is 1. The number of aliphatic carboxylic acids is 1. The van der Waals surface area contributed by atoms with Gasteiger partial charge in [-0.25, -0.2) is 4.90 Å². The predicted octanol–water partition coefficient (Wildman–Crippen LogP) is 4.74. The van der Waals surface area contributed by atoms with Gasteiger partial charge in [0.25, 0.3) is 0 Å². The maximum atomic E-state index is 13.0. The summed E-state index contributed by atoms with van der Waals surface area (Å²) in [6, 6.07) is 10.5. The lowest BCUT2D eigenvalue weighted by Crippen LogP contribution is -2.34. The van der Waals surface area contributed by atoms with Crippen LogP contribution in [0.15, 0.2) is 65.6 Å². The largest absolute Gasteiger partial charge is 0.481 e. The molecule has 11 heteroatoms. The second-order valence-corrected chi connectivity index (χ2v) is 9.71. The number of amides is 3. The molecule has 0 saturated carbocycles. The molecule has 0 aromatic heterocycles. The highest BCUT2D eigenvalue weighted by Gasteiger charge is 2.41. The Morgan fingerprint density at radius 2 is 1.67 bits per heavy atom. The van der Waals surface area contributed by atoms with Gasteiger partial charge in [0, 0.05) is 17.0 Å². The first kappa shape index (κ1) is 25.5. The number of carbonyl (C=O) groups excluding carboxylic acids is 3. The van der Waals surface area contributed by atoms with E-state index in [9.17, 15) is 37.5 Å². The summed E-state index contributed by atoms with van der Waals surface area (Å²) < 4.78 is 39.1. The lowest BCUT2D eigenvalue weighted by molar-refractivity contribution is -0.146. The number of rotatable bonds is 6. The number of benzene rings is 2. The van der Waals surface area contributed by atoms with Crippen molar-refractivity contribution in [2.45, 2.75) is 35.6 Å². The molecule has 0 radical (unpaired) electrons. The van der Waals surface area contributed by atoms with Gasteiger partial charge in [0.15, 0.2) is 0 Å². The average Bonchev–Trinajstić information content (AvgIpc) is 3.12. The number of carboxylic acids is 1. The Bertz CT molecular complexity index is 1230. The fourth-order valence-corrected chi connectivity index (χ4v) is 5.24. The van der Waals surface area contributed by atoms with Gasteiger partial charge >= 0.3 is 12.1 Å². The first-order chi connectivity index (χ1) is 17.0. The molecule has 1 saturated heterocycles. The van der Waals surface area contributed by atoms with Gasteiger partial charge in [0.1, 0.15) is 0 Å². The van der Waals surface area contributed by atoms with Crippen molar-refractivity contribution in [1.29, 1.82) is 0 Å². The number of halogens is 3. The van der Waals surface area contributed by atoms with Gasteiger partial charge in [-0.3, -0.25) is 19.2 Å². The standard InChI is InChI=1S/C25H21F3N2O5S/c26-25(27,28)14-4-3-5-16(12-14)30-21(31)13-20(23(30)33)36-17-10-8-15(9-11-17)29-22(32)18-6-1-2-7-19(18)24(34)35/h1-5,8-12,18-20H,6-7,13H2,(H,29,32)(H,34,35)/t18-,19-,20+/m0/s1. The van der Waals surface area contributed by atoms with Crippen LogP contribution in [0.2, 0.25) is 0 Å². The van der Waals surface area contributed by atoms with E-state index in [1.165, 1.54) is 6.07 Å². The van der Waals surface area contributed by atoms with Crippen LogP contribution in [0.4, 0.5) is 24.5 Å². The third-order valence-corrected chi connectivity index (χ3v) is 7.22. The molecule has 7 nitrogen and oxygen atoms in total. The molecule has 2 aliphatic rings. The monoisotopic (exact) mass is 518 g/mol. The van der Waals surface area contributed by atoms with E-state index < -0.39 is 52.5 Å². The van der Waals surface area contributed by atoms with Crippen molar-refractivity contribution in [3.8, 4) is 0 Å². The van der Waals surface area contributed by atoms with Gasteiger partial charge in [0.2, 0.25) is 17.7 Å².